The smallest absolute Gasteiger partial charge is 0.143 e. The summed E-state index contributed by atoms with van der Waals surface area (Å²) in [5, 5.41) is 7.55. The van der Waals surface area contributed by atoms with Gasteiger partial charge in [-0.3, -0.25) is 11.4 Å². The molecule has 0 radical (unpaired) electrons. The number of carbonyl (C=O) groups is 1. The fraction of sp³-hybridized carbons (Fsp3) is 0. The summed E-state index contributed by atoms with van der Waals surface area (Å²) < 4.78 is 0. The van der Waals surface area contributed by atoms with Gasteiger partial charge in [0.15, 0.2) is 0 Å². The van der Waals surface area contributed by atoms with E-state index in [9.17, 15) is 4.79 Å². The van der Waals surface area contributed by atoms with Crippen molar-refractivity contribution in [2.24, 2.45) is 0 Å². The summed E-state index contributed by atoms with van der Waals surface area (Å²) in [7, 11) is 0. The molecule has 0 spiro atoms. The minimum atomic E-state index is -1.11. The van der Waals surface area contributed by atoms with Crippen molar-refractivity contribution in [3.05, 3.63) is 12.7 Å². The van der Waals surface area contributed by atoms with Crippen molar-refractivity contribution in [1.29, 1.82) is 0 Å². The van der Waals surface area contributed by atoms with Crippen LogP contribution in [0.2, 0.25) is 0 Å². The third-order valence-corrected chi connectivity index (χ3v) is 0.151. The van der Waals surface area contributed by atoms with Crippen LogP contribution in [-0.4, -0.2) is 11.1 Å². The molecule has 1 N–H and O–H groups in total. The molecule has 0 heterocycles. The summed E-state index contributed by atoms with van der Waals surface area (Å²) in [6.45, 7) is 2.84. The molecule has 0 saturated carbocycles. The van der Waals surface area contributed by atoms with E-state index in [1.54, 1.807) is 6.08 Å². The van der Waals surface area contributed by atoms with Crippen LogP contribution in [0.3, 0.4) is 0 Å². The molecule has 0 aliphatic heterocycles. The molecule has 0 unspecified atom stereocenters. The molecule has 0 amide bonds. The van der Waals surface area contributed by atoms with Gasteiger partial charge < -0.3 is 11.2 Å². The first-order valence-electron chi connectivity index (χ1n) is 1.03. The first-order chi connectivity index (χ1) is 2.27. The van der Waals surface area contributed by atoms with Crippen molar-refractivity contribution in [2.45, 2.75) is 0 Å². The van der Waals surface area contributed by atoms with Crippen molar-refractivity contribution in [1.82, 2.24) is 0 Å². The summed E-state index contributed by atoms with van der Waals surface area (Å²) in [5.41, 5.74) is 0. The van der Waals surface area contributed by atoms with Crippen LogP contribution in [0.25, 0.3) is 0 Å². The van der Waals surface area contributed by atoms with Crippen molar-refractivity contribution >= 4 is 5.97 Å². The van der Waals surface area contributed by atoms with E-state index in [0.717, 1.165) is 0 Å². The van der Waals surface area contributed by atoms with Crippen molar-refractivity contribution in [3.8, 4) is 0 Å². The summed E-state index contributed by atoms with van der Waals surface area (Å²) in [5.74, 6) is -1.11. The first kappa shape index (κ1) is 9.31. The molecule has 0 aromatic carbocycles. The molecule has 0 aliphatic carbocycles. The zero-order valence-electron chi connectivity index (χ0n) is 2.97. The molecule has 0 aliphatic rings. The normalized spacial score (nSPS) is 5.33. The number of aliphatic carboxylic acids is 1. The fourth-order valence-corrected chi connectivity index (χ4v) is 0. The van der Waals surface area contributed by atoms with Crippen LogP contribution in [0.5, 0.6) is 0 Å². The average Bonchev–Trinajstić information content (AvgIpc) is 1.38. The van der Waals surface area contributed by atoms with Gasteiger partial charge in [-0.05, 0) is 0 Å². The maximum absolute atomic E-state index is 9.19. The minimum Gasteiger partial charge on any atom is -0.505 e. The molecule has 0 aromatic heterocycles. The Kier molecular flexibility index (Phi) is 7.60. The second-order valence-corrected chi connectivity index (χ2v) is 0.482. The summed E-state index contributed by atoms with van der Waals surface area (Å²) >= 11 is 0. The Morgan fingerprint density at radius 3 is 2.00 bits per heavy atom. The predicted molar refractivity (Wildman–Crippen MR) is 16.5 cm³/mol. The molecular weight excluding hydrogens is 252 g/mol. The van der Waals surface area contributed by atoms with Crippen LogP contribution < -0.4 is 0 Å². The van der Waals surface area contributed by atoms with Gasteiger partial charge in [-0.1, -0.05) is 0 Å². The topological polar surface area (TPSA) is 37.3 Å². The van der Waals surface area contributed by atoms with E-state index in [-0.39, 0.29) is 21.1 Å². The average molecular weight is 255 g/mol. The van der Waals surface area contributed by atoms with E-state index in [1.807, 2.05) is 0 Å². The Bertz CT molecular complexity index is 59.8. The predicted octanol–water partition coefficient (Wildman–Crippen LogP) is 0.0577. The molecule has 6 heavy (non-hydrogen) atoms. The molecule has 3 heteroatoms. The van der Waals surface area contributed by atoms with Gasteiger partial charge in [0.25, 0.3) is 0 Å². The van der Waals surface area contributed by atoms with Gasteiger partial charge >= 0.3 is 0 Å². The summed E-state index contributed by atoms with van der Waals surface area (Å²) in [6.07, 6.45) is 1.69. The molecule has 34 valence electrons. The van der Waals surface area contributed by atoms with Crippen LogP contribution in [-0.2, 0) is 25.9 Å². The first-order valence-corrected chi connectivity index (χ1v) is 1.03. The SMILES string of the molecule is C=[C-]C(=O)O.[W]. The second kappa shape index (κ2) is 4.90. The van der Waals surface area contributed by atoms with E-state index >= 15 is 0 Å². The van der Waals surface area contributed by atoms with Crippen LogP contribution in [0, 0.1) is 6.08 Å². The zero-order chi connectivity index (χ0) is 4.28. The van der Waals surface area contributed by atoms with Crippen LogP contribution >= 0.6 is 0 Å². The maximum Gasteiger partial charge on any atom is 0.143 e. The van der Waals surface area contributed by atoms with E-state index in [0.29, 0.717) is 0 Å². The quantitative estimate of drug-likeness (QED) is 0.531. The standard InChI is InChI=1S/C3H3O2.W/c1-2-3(4)5;/h1H2,(H,4,5);/q-1;. The fourth-order valence-electron chi connectivity index (χ4n) is 0. The van der Waals surface area contributed by atoms with E-state index in [2.05, 4.69) is 6.58 Å². The van der Waals surface area contributed by atoms with Crippen molar-refractivity contribution < 1.29 is 31.0 Å². The van der Waals surface area contributed by atoms with Crippen LogP contribution in [0.15, 0.2) is 6.58 Å². The third kappa shape index (κ3) is 9.09. The van der Waals surface area contributed by atoms with Gasteiger partial charge in [0, 0.05) is 21.1 Å². The molecule has 0 rings (SSSR count). The number of carboxylic acids is 1. The second-order valence-electron chi connectivity index (χ2n) is 0.482. The number of rotatable bonds is 1. The van der Waals surface area contributed by atoms with Crippen molar-refractivity contribution in [2.75, 3.05) is 0 Å². The minimum absolute atomic E-state index is 0. The van der Waals surface area contributed by atoms with Crippen molar-refractivity contribution in [3.63, 3.8) is 0 Å². The third-order valence-electron chi connectivity index (χ3n) is 0.151. The summed E-state index contributed by atoms with van der Waals surface area (Å²) in [4.78, 5) is 9.19. The Labute approximate surface area is 50.1 Å². The zero-order valence-corrected chi connectivity index (χ0v) is 5.90. The molecule has 2 nitrogen and oxygen atoms in total. The van der Waals surface area contributed by atoms with E-state index in [4.69, 9.17) is 5.11 Å². The Morgan fingerprint density at radius 2 is 2.00 bits per heavy atom. The van der Waals surface area contributed by atoms with Gasteiger partial charge in [-0.2, -0.15) is 0 Å². The molecule has 0 aromatic rings. The number of hydrogen-bond donors (Lipinski definition) is 1. The van der Waals surface area contributed by atoms with Gasteiger partial charge in [0.2, 0.25) is 0 Å². The summed E-state index contributed by atoms with van der Waals surface area (Å²) in [6, 6.07) is 0. The number of hydrogen-bond acceptors (Lipinski definition) is 1. The van der Waals surface area contributed by atoms with Crippen LogP contribution in [0.1, 0.15) is 0 Å². The molecule has 0 fully saturated rings. The van der Waals surface area contributed by atoms with Crippen LogP contribution in [0.4, 0.5) is 0 Å². The van der Waals surface area contributed by atoms with Gasteiger partial charge in [0.05, 0.1) is 0 Å². The Morgan fingerprint density at radius 1 is 1.83 bits per heavy atom. The molecule has 0 saturated heterocycles. The maximum atomic E-state index is 9.19. The van der Waals surface area contributed by atoms with Gasteiger partial charge in [0.1, 0.15) is 5.97 Å². The monoisotopic (exact) mass is 255 g/mol. The largest absolute Gasteiger partial charge is 0.505 e. The molecular formula is C3H3O2W-. The Hall–Kier alpha value is -0.102. The van der Waals surface area contributed by atoms with Gasteiger partial charge in [-0.15, -0.1) is 0 Å². The molecule has 0 bridgehead atoms. The Balaban J connectivity index is 0. The van der Waals surface area contributed by atoms with E-state index in [1.165, 1.54) is 0 Å². The number of carboxylic acid groups (broad SMARTS) is 1. The van der Waals surface area contributed by atoms with Gasteiger partial charge in [-0.25, -0.2) is 0 Å². The van der Waals surface area contributed by atoms with E-state index < -0.39 is 5.97 Å². The molecule has 0 atom stereocenters.